The minimum Gasteiger partial charge on any atom is -0.300 e. The fraction of sp³-hybridized carbons (Fsp3) is 0.750. The smallest absolute Gasteiger partial charge is 0.129 e. The Morgan fingerprint density at radius 2 is 2.80 bits per heavy atom. The summed E-state index contributed by atoms with van der Waals surface area (Å²) in [5.74, 6) is -0.319. The second-order valence-corrected chi connectivity index (χ2v) is 0.820. The molecule has 30 valence electrons. The molecule has 0 unspecified atom stereocenters. The molecule has 5 heavy (non-hydrogen) atoms. The van der Waals surface area contributed by atoms with Crippen molar-refractivity contribution < 1.29 is 7.54 Å². The van der Waals surface area contributed by atoms with Crippen LogP contribution in [0.2, 0.25) is 0 Å². The lowest BCUT2D eigenvalue weighted by atomic mass is 10.4. The lowest BCUT2D eigenvalue weighted by Gasteiger charge is -1.71. The molecule has 1 heteroatoms. The van der Waals surface area contributed by atoms with E-state index in [9.17, 15) is 4.79 Å². The van der Waals surface area contributed by atoms with Crippen LogP contribution in [0.25, 0.3) is 0 Å². The van der Waals surface area contributed by atoms with Crippen LogP contribution in [0.15, 0.2) is 0 Å². The van der Waals surface area contributed by atoms with Crippen molar-refractivity contribution in [2.45, 2.75) is 20.2 Å². The van der Waals surface area contributed by atoms with Gasteiger partial charge in [-0.2, -0.15) is 0 Å². The Hall–Kier alpha value is -0.330. The third-order valence-electron chi connectivity index (χ3n) is 0.348. The standard InChI is InChI=1S/C4H8O/c1-3-4(2)5/h3H2,1-2H3/i2D2. The fourth-order valence-electron chi connectivity index (χ4n) is 0. The highest BCUT2D eigenvalue weighted by molar-refractivity contribution is 5.74. The molecule has 0 radical (unpaired) electrons. The van der Waals surface area contributed by atoms with E-state index in [-0.39, 0.29) is 5.78 Å². The topological polar surface area (TPSA) is 17.1 Å². The minimum atomic E-state index is -1.27. The van der Waals surface area contributed by atoms with Crippen LogP contribution in [0.3, 0.4) is 0 Å². The molecule has 0 aliphatic carbocycles. The Morgan fingerprint density at radius 1 is 2.20 bits per heavy atom. The highest BCUT2D eigenvalue weighted by Gasteiger charge is 1.76. The molecule has 0 N–H and O–H groups in total. The lowest BCUT2D eigenvalue weighted by molar-refractivity contribution is -0.116. The van der Waals surface area contributed by atoms with E-state index in [0.717, 1.165) is 0 Å². The summed E-state index contributed by atoms with van der Waals surface area (Å²) < 4.78 is 13.0. The first-order valence-corrected chi connectivity index (χ1v) is 1.55. The number of Topliss-reactive ketones (excluding diaryl/α,β-unsaturated/α-hetero) is 1. The van der Waals surface area contributed by atoms with E-state index in [1.807, 2.05) is 0 Å². The summed E-state index contributed by atoms with van der Waals surface area (Å²) in [6, 6.07) is 0. The molecule has 0 rings (SSSR count). The second kappa shape index (κ2) is 1.94. The third-order valence-corrected chi connectivity index (χ3v) is 0.348. The number of ketones is 1. The van der Waals surface area contributed by atoms with Crippen molar-refractivity contribution in [3.05, 3.63) is 0 Å². The van der Waals surface area contributed by atoms with Crippen LogP contribution in [-0.2, 0) is 4.79 Å². The molecule has 0 aromatic carbocycles. The molecule has 1 nitrogen and oxygen atoms in total. The van der Waals surface area contributed by atoms with Gasteiger partial charge >= 0.3 is 0 Å². The highest BCUT2D eigenvalue weighted by Crippen LogP contribution is 1.71. The van der Waals surface area contributed by atoms with Crippen molar-refractivity contribution in [3.63, 3.8) is 0 Å². The van der Waals surface area contributed by atoms with E-state index >= 15 is 0 Å². The van der Waals surface area contributed by atoms with Crippen LogP contribution in [0.1, 0.15) is 23.0 Å². The van der Waals surface area contributed by atoms with Crippen molar-refractivity contribution in [2.24, 2.45) is 0 Å². The van der Waals surface area contributed by atoms with Gasteiger partial charge in [-0.1, -0.05) is 6.92 Å². The first kappa shape index (κ1) is 1.96. The molecule has 0 aromatic rings. The molecule has 0 spiro atoms. The fourth-order valence-corrected chi connectivity index (χ4v) is 0. The zero-order chi connectivity index (χ0) is 5.86. The first-order chi connectivity index (χ1) is 3.18. The van der Waals surface area contributed by atoms with Gasteiger partial charge in [-0.05, 0) is 6.88 Å². The highest BCUT2D eigenvalue weighted by atomic mass is 16.1. The van der Waals surface area contributed by atoms with E-state index in [2.05, 4.69) is 0 Å². The lowest BCUT2D eigenvalue weighted by Crippen LogP contribution is -1.80. The summed E-state index contributed by atoms with van der Waals surface area (Å²) in [6.07, 6.45) is 0.303. The Labute approximate surface area is 34.8 Å². The van der Waals surface area contributed by atoms with E-state index in [0.29, 0.717) is 6.42 Å². The average molecular weight is 74.1 g/mol. The maximum absolute atomic E-state index is 10.1. The molecule has 0 aliphatic heterocycles. The number of carbonyl (C=O) groups is 1. The largest absolute Gasteiger partial charge is 0.300 e. The quantitative estimate of drug-likeness (QED) is 0.453. The second-order valence-electron chi connectivity index (χ2n) is 0.820. The Morgan fingerprint density at radius 3 is 2.80 bits per heavy atom. The van der Waals surface area contributed by atoms with Gasteiger partial charge in [0.2, 0.25) is 0 Å². The van der Waals surface area contributed by atoms with Crippen LogP contribution < -0.4 is 0 Å². The normalized spacial score (nSPS) is 14.0. The number of carbonyl (C=O) groups excluding carboxylic acids is 1. The summed E-state index contributed by atoms with van der Waals surface area (Å²) in [5, 5.41) is 0. The minimum absolute atomic E-state index is 0.303. The summed E-state index contributed by atoms with van der Waals surface area (Å²) in [5.41, 5.74) is 0. The Kier molecular flexibility index (Phi) is 0.760. The van der Waals surface area contributed by atoms with E-state index < -0.39 is 6.88 Å². The summed E-state index contributed by atoms with van der Waals surface area (Å²) >= 11 is 0. The van der Waals surface area contributed by atoms with Crippen LogP contribution >= 0.6 is 0 Å². The molecule has 0 aromatic heterocycles. The molecule has 0 saturated carbocycles. The van der Waals surface area contributed by atoms with Gasteiger partial charge in [-0.15, -0.1) is 0 Å². The molecular weight excluding hydrogens is 64.0 g/mol. The van der Waals surface area contributed by atoms with Gasteiger partial charge in [-0.25, -0.2) is 0 Å². The molecule has 0 atom stereocenters. The van der Waals surface area contributed by atoms with E-state index in [1.165, 1.54) is 0 Å². The van der Waals surface area contributed by atoms with Crippen LogP contribution in [-0.4, -0.2) is 5.78 Å². The summed E-state index contributed by atoms with van der Waals surface area (Å²) in [6.45, 7) is 0.378. The van der Waals surface area contributed by atoms with Gasteiger partial charge in [0.1, 0.15) is 5.78 Å². The van der Waals surface area contributed by atoms with Gasteiger partial charge in [0.15, 0.2) is 0 Å². The monoisotopic (exact) mass is 74.1 g/mol. The van der Waals surface area contributed by atoms with Gasteiger partial charge in [-0.3, -0.25) is 0 Å². The molecule has 0 saturated heterocycles. The van der Waals surface area contributed by atoms with Crippen molar-refractivity contribution >= 4 is 5.78 Å². The number of hydrogen-bond donors (Lipinski definition) is 0. The first-order valence-electron chi connectivity index (χ1n) is 2.71. The van der Waals surface area contributed by atoms with Gasteiger partial charge < -0.3 is 4.79 Å². The number of hydrogen-bond acceptors (Lipinski definition) is 1. The maximum atomic E-state index is 10.1. The van der Waals surface area contributed by atoms with E-state index in [4.69, 9.17) is 2.74 Å². The maximum Gasteiger partial charge on any atom is 0.129 e. The van der Waals surface area contributed by atoms with Crippen molar-refractivity contribution in [3.8, 4) is 0 Å². The Balaban J connectivity index is 3.35. The zero-order valence-corrected chi connectivity index (χ0v) is 3.19. The van der Waals surface area contributed by atoms with Crippen molar-refractivity contribution in [2.75, 3.05) is 0 Å². The summed E-state index contributed by atoms with van der Waals surface area (Å²) in [7, 11) is 0. The zero-order valence-electron chi connectivity index (χ0n) is 5.19. The molecular formula is C4H8O. The summed E-state index contributed by atoms with van der Waals surface area (Å²) in [4.78, 5) is 10.1. The Bertz CT molecular complexity index is 70.1. The SMILES string of the molecule is [2H]C([2H])C(=O)CC. The van der Waals surface area contributed by atoms with Crippen LogP contribution in [0, 0.1) is 0 Å². The molecule has 0 bridgehead atoms. The average Bonchev–Trinajstić information content (AvgIpc) is 1.65. The van der Waals surface area contributed by atoms with Gasteiger partial charge in [0.25, 0.3) is 0 Å². The molecule has 0 amide bonds. The van der Waals surface area contributed by atoms with Crippen molar-refractivity contribution in [1.29, 1.82) is 0 Å². The third kappa shape index (κ3) is 3.67. The molecule has 0 fully saturated rings. The van der Waals surface area contributed by atoms with E-state index in [1.54, 1.807) is 6.92 Å². The van der Waals surface area contributed by atoms with Crippen LogP contribution in [0.5, 0.6) is 0 Å². The van der Waals surface area contributed by atoms with Crippen LogP contribution in [0.4, 0.5) is 0 Å². The van der Waals surface area contributed by atoms with Gasteiger partial charge in [0.05, 0.1) is 0 Å². The molecule has 0 aliphatic rings. The number of rotatable bonds is 1. The molecule has 0 heterocycles. The van der Waals surface area contributed by atoms with Crippen molar-refractivity contribution in [1.82, 2.24) is 0 Å². The predicted octanol–water partition coefficient (Wildman–Crippen LogP) is 0.985. The van der Waals surface area contributed by atoms with Gasteiger partial charge in [0, 0.05) is 9.16 Å². The predicted molar refractivity (Wildman–Crippen MR) is 21.0 cm³/mol.